The molecule has 1 unspecified atom stereocenters. The van der Waals surface area contributed by atoms with Crippen LogP contribution in [-0.4, -0.2) is 9.13 Å². The van der Waals surface area contributed by atoms with E-state index in [1.807, 2.05) is 0 Å². The van der Waals surface area contributed by atoms with Crippen LogP contribution in [0.15, 0.2) is 132 Å². The average molecular weight is 579 g/mol. The highest BCUT2D eigenvalue weighted by molar-refractivity contribution is 6.09. The molecular formula is C43H34N2. The van der Waals surface area contributed by atoms with Crippen molar-refractivity contribution in [3.05, 3.63) is 154 Å². The molecule has 5 aromatic carbocycles. The molecule has 3 aliphatic carbocycles. The Morgan fingerprint density at radius 2 is 1.16 bits per heavy atom. The number of nitrogens with zero attached hydrogens (tertiary/aromatic N) is 2. The van der Waals surface area contributed by atoms with Gasteiger partial charge in [0.25, 0.3) is 0 Å². The minimum atomic E-state index is 0.0560. The monoisotopic (exact) mass is 578 g/mol. The molecule has 2 aromatic heterocycles. The second kappa shape index (κ2) is 8.99. The van der Waals surface area contributed by atoms with Gasteiger partial charge in [-0.25, -0.2) is 0 Å². The molecule has 0 N–H and O–H groups in total. The van der Waals surface area contributed by atoms with Crippen LogP contribution in [-0.2, 0) is 5.41 Å². The number of aromatic nitrogens is 2. The second-order valence-corrected chi connectivity index (χ2v) is 13.6. The molecule has 2 nitrogen and oxygen atoms in total. The summed E-state index contributed by atoms with van der Waals surface area (Å²) < 4.78 is 4.93. The summed E-state index contributed by atoms with van der Waals surface area (Å²) >= 11 is 0. The predicted molar refractivity (Wildman–Crippen MR) is 188 cm³/mol. The first-order valence-electron chi connectivity index (χ1n) is 16.4. The standard InChI is InChI=1S/C43H34N2/c1-43(2)34-17-7-3-15-32(34)42-40-27(12-11-18-35(40)43)26-39-41(42)33-16-6-10-21-38(33)45(39)29-24-22-28(23-25-29)44-36-19-8-4-13-30(36)31-14-5-9-20-37(31)44/h3-10,13-17,19-27H,11-12,18H2,1-2H3. The Hall–Kier alpha value is -5.08. The number of rotatable bonds is 2. The van der Waals surface area contributed by atoms with Crippen molar-refractivity contribution in [1.82, 2.24) is 9.13 Å². The fourth-order valence-corrected chi connectivity index (χ4v) is 9.08. The van der Waals surface area contributed by atoms with Gasteiger partial charge in [0, 0.05) is 44.1 Å². The molecule has 2 heterocycles. The molecule has 7 aromatic rings. The largest absolute Gasteiger partial charge is 0.310 e. The van der Waals surface area contributed by atoms with Crippen LogP contribution in [0.3, 0.4) is 0 Å². The Labute approximate surface area is 262 Å². The van der Waals surface area contributed by atoms with Crippen molar-refractivity contribution in [1.29, 1.82) is 0 Å². The molecule has 3 aliphatic rings. The van der Waals surface area contributed by atoms with Crippen molar-refractivity contribution in [2.24, 2.45) is 5.92 Å². The zero-order chi connectivity index (χ0) is 29.9. The highest BCUT2D eigenvalue weighted by Gasteiger charge is 2.42. The average Bonchev–Trinajstić information content (AvgIpc) is 3.59. The van der Waals surface area contributed by atoms with E-state index in [2.05, 4.69) is 150 Å². The van der Waals surface area contributed by atoms with Gasteiger partial charge in [0.2, 0.25) is 0 Å². The van der Waals surface area contributed by atoms with E-state index in [9.17, 15) is 0 Å². The van der Waals surface area contributed by atoms with E-state index in [0.29, 0.717) is 5.92 Å². The molecule has 0 spiro atoms. The number of benzene rings is 5. The summed E-state index contributed by atoms with van der Waals surface area (Å²) in [6.07, 6.45) is 6.27. The van der Waals surface area contributed by atoms with Crippen molar-refractivity contribution in [2.75, 3.05) is 0 Å². The van der Waals surface area contributed by atoms with Crippen LogP contribution in [0.2, 0.25) is 0 Å². The first-order chi connectivity index (χ1) is 22.1. The third-order valence-electron chi connectivity index (χ3n) is 11.0. The molecule has 0 saturated heterocycles. The second-order valence-electron chi connectivity index (χ2n) is 13.6. The van der Waals surface area contributed by atoms with Crippen LogP contribution in [0.5, 0.6) is 0 Å². The summed E-state index contributed by atoms with van der Waals surface area (Å²) in [5.41, 5.74) is 13.9. The van der Waals surface area contributed by atoms with Crippen molar-refractivity contribution < 1.29 is 0 Å². The number of hydrogen-bond acceptors (Lipinski definition) is 0. The lowest BCUT2D eigenvalue weighted by molar-refractivity contribution is 0.503. The first-order valence-corrected chi connectivity index (χ1v) is 16.4. The van der Waals surface area contributed by atoms with E-state index < -0.39 is 0 Å². The quantitative estimate of drug-likeness (QED) is 0.194. The molecule has 216 valence electrons. The smallest absolute Gasteiger partial charge is 0.0541 e. The number of hydrogen-bond donors (Lipinski definition) is 0. The topological polar surface area (TPSA) is 9.86 Å². The molecule has 1 atom stereocenters. The minimum Gasteiger partial charge on any atom is -0.310 e. The van der Waals surface area contributed by atoms with Crippen molar-refractivity contribution in [2.45, 2.75) is 38.5 Å². The maximum atomic E-state index is 2.61. The van der Waals surface area contributed by atoms with Crippen LogP contribution in [0.25, 0.3) is 55.7 Å². The molecule has 0 fully saturated rings. The van der Waals surface area contributed by atoms with Crippen molar-refractivity contribution >= 4 is 44.4 Å². The molecule has 0 radical (unpaired) electrons. The summed E-state index contributed by atoms with van der Waals surface area (Å²) in [5, 5.41) is 6.68. The van der Waals surface area contributed by atoms with E-state index in [0.717, 1.165) is 0 Å². The summed E-state index contributed by atoms with van der Waals surface area (Å²) in [6, 6.07) is 45.0. The summed E-state index contributed by atoms with van der Waals surface area (Å²) in [4.78, 5) is 0. The van der Waals surface area contributed by atoms with Gasteiger partial charge in [0.05, 0.1) is 21.9 Å². The lowest BCUT2D eigenvalue weighted by Crippen LogP contribution is -2.41. The van der Waals surface area contributed by atoms with Crippen LogP contribution >= 0.6 is 0 Å². The van der Waals surface area contributed by atoms with E-state index >= 15 is 0 Å². The Balaban J connectivity index is 1.26. The minimum absolute atomic E-state index is 0.0560. The highest BCUT2D eigenvalue weighted by Crippen LogP contribution is 2.53. The molecule has 0 saturated carbocycles. The van der Waals surface area contributed by atoms with Crippen LogP contribution in [0.1, 0.15) is 44.2 Å². The van der Waals surface area contributed by atoms with Gasteiger partial charge in [-0.15, -0.1) is 0 Å². The van der Waals surface area contributed by atoms with Gasteiger partial charge in [0.1, 0.15) is 0 Å². The van der Waals surface area contributed by atoms with Gasteiger partial charge in [0.15, 0.2) is 0 Å². The predicted octanol–water partition coefficient (Wildman–Crippen LogP) is 9.11. The van der Waals surface area contributed by atoms with Gasteiger partial charge < -0.3 is 9.13 Å². The Kier molecular flexibility index (Phi) is 5.05. The maximum Gasteiger partial charge on any atom is 0.0541 e. The summed E-state index contributed by atoms with van der Waals surface area (Å²) in [6.45, 7) is 4.90. The number of para-hydroxylation sites is 3. The van der Waals surface area contributed by atoms with Crippen LogP contribution < -0.4 is 10.6 Å². The third-order valence-corrected chi connectivity index (χ3v) is 11.0. The van der Waals surface area contributed by atoms with Gasteiger partial charge in [-0.1, -0.05) is 104 Å². The number of fused-ring (bicyclic) bond motifs is 8. The lowest BCUT2D eigenvalue weighted by atomic mass is 9.60. The fourth-order valence-electron chi connectivity index (χ4n) is 9.08. The zero-order valence-electron chi connectivity index (χ0n) is 25.7. The summed E-state index contributed by atoms with van der Waals surface area (Å²) in [7, 11) is 0. The third kappa shape index (κ3) is 3.29. The van der Waals surface area contributed by atoms with Gasteiger partial charge in [-0.05, 0) is 84.0 Å². The lowest BCUT2D eigenvalue weighted by Gasteiger charge is -2.44. The molecule has 2 heteroatoms. The highest BCUT2D eigenvalue weighted by atomic mass is 15.0. The Morgan fingerprint density at radius 1 is 0.600 bits per heavy atom. The Bertz CT molecular complexity index is 2480. The fraction of sp³-hybridized carbons (Fsp3) is 0.163. The Morgan fingerprint density at radius 3 is 1.84 bits per heavy atom. The van der Waals surface area contributed by atoms with Crippen LogP contribution in [0.4, 0.5) is 0 Å². The molecular weight excluding hydrogens is 544 g/mol. The first kappa shape index (κ1) is 25.3. The van der Waals surface area contributed by atoms with Gasteiger partial charge in [-0.3, -0.25) is 0 Å². The maximum absolute atomic E-state index is 2.61. The molecule has 0 bridgehead atoms. The number of allylic oxidation sites excluding steroid dienone is 2. The van der Waals surface area contributed by atoms with E-state index in [1.54, 1.807) is 11.1 Å². The van der Waals surface area contributed by atoms with Crippen molar-refractivity contribution in [3.63, 3.8) is 0 Å². The molecule has 0 aliphatic heterocycles. The summed E-state index contributed by atoms with van der Waals surface area (Å²) in [5.74, 6) is 0.448. The van der Waals surface area contributed by atoms with Crippen LogP contribution in [0, 0.1) is 5.92 Å². The van der Waals surface area contributed by atoms with Crippen molar-refractivity contribution in [3.8, 4) is 11.4 Å². The normalized spacial score (nSPS) is 18.2. The molecule has 0 amide bonds. The van der Waals surface area contributed by atoms with E-state index in [4.69, 9.17) is 0 Å². The van der Waals surface area contributed by atoms with E-state index in [1.165, 1.54) is 90.6 Å². The SMILES string of the molecule is CC1(C)C2=C3C(=c4c(n(-c5ccc(-n6c7ccccc7c7ccccc76)cc5)c5ccccc45)=CC3CCC2)c2ccccc21. The molecule has 10 rings (SSSR count). The van der Waals surface area contributed by atoms with Gasteiger partial charge in [-0.2, -0.15) is 0 Å². The molecule has 45 heavy (non-hydrogen) atoms. The zero-order valence-corrected chi connectivity index (χ0v) is 25.7. The van der Waals surface area contributed by atoms with E-state index in [-0.39, 0.29) is 5.41 Å². The van der Waals surface area contributed by atoms with Gasteiger partial charge >= 0.3 is 0 Å².